The van der Waals surface area contributed by atoms with Crippen molar-refractivity contribution in [3.63, 3.8) is 0 Å². The van der Waals surface area contributed by atoms with E-state index in [1.165, 1.54) is 0 Å². The van der Waals surface area contributed by atoms with Crippen LogP contribution in [-0.4, -0.2) is 29.3 Å². The number of aromatic nitrogens is 2. The lowest BCUT2D eigenvalue weighted by Crippen LogP contribution is -2.22. The summed E-state index contributed by atoms with van der Waals surface area (Å²) in [6.07, 6.45) is 3.71. The number of carbonyl (C=O) groups excluding carboxylic acids is 1. The molecule has 0 atom stereocenters. The van der Waals surface area contributed by atoms with Crippen LogP contribution in [-0.2, 0) is 0 Å². The van der Waals surface area contributed by atoms with E-state index >= 15 is 0 Å². The van der Waals surface area contributed by atoms with Crippen molar-refractivity contribution in [1.82, 2.24) is 15.5 Å². The van der Waals surface area contributed by atoms with Crippen LogP contribution in [0.25, 0.3) is 11.3 Å². The lowest BCUT2D eigenvalue weighted by atomic mass is 10.1. The summed E-state index contributed by atoms with van der Waals surface area (Å²) in [5, 5.41) is 9.63. The third kappa shape index (κ3) is 3.84. The fourth-order valence-corrected chi connectivity index (χ4v) is 1.99. The molecule has 0 aliphatic heterocycles. The molecule has 2 rings (SSSR count). The third-order valence-corrected chi connectivity index (χ3v) is 3.13. The zero-order valence-electron chi connectivity index (χ0n) is 12.5. The van der Waals surface area contributed by atoms with Gasteiger partial charge in [-0.25, -0.2) is 0 Å². The summed E-state index contributed by atoms with van der Waals surface area (Å²) < 4.78 is 5.63. The van der Waals surface area contributed by atoms with Crippen LogP contribution in [0.2, 0.25) is 0 Å². The fourth-order valence-electron chi connectivity index (χ4n) is 1.99. The number of hydrogen-bond donors (Lipinski definition) is 2. The monoisotopic (exact) mass is 287 g/mol. The Kier molecular flexibility index (Phi) is 5.37. The van der Waals surface area contributed by atoms with E-state index in [0.29, 0.717) is 12.1 Å². The van der Waals surface area contributed by atoms with Gasteiger partial charge in [-0.15, -0.1) is 0 Å². The first kappa shape index (κ1) is 15.1. The van der Waals surface area contributed by atoms with Crippen LogP contribution in [0.5, 0.6) is 5.75 Å². The first-order valence-corrected chi connectivity index (χ1v) is 7.31. The number of benzene rings is 1. The van der Waals surface area contributed by atoms with E-state index in [0.717, 1.165) is 36.5 Å². The largest absolute Gasteiger partial charge is 0.494 e. The summed E-state index contributed by atoms with van der Waals surface area (Å²) in [5.74, 6) is 0.718. The lowest BCUT2D eigenvalue weighted by molar-refractivity contribution is 0.0956. The summed E-state index contributed by atoms with van der Waals surface area (Å²) >= 11 is 0. The molecule has 21 heavy (non-hydrogen) atoms. The summed E-state index contributed by atoms with van der Waals surface area (Å²) in [4.78, 5) is 11.9. The van der Waals surface area contributed by atoms with E-state index in [1.54, 1.807) is 6.20 Å². The second-order valence-corrected chi connectivity index (χ2v) is 4.74. The lowest BCUT2D eigenvalue weighted by Gasteiger charge is -2.07. The second-order valence-electron chi connectivity index (χ2n) is 4.74. The quantitative estimate of drug-likeness (QED) is 0.769. The van der Waals surface area contributed by atoms with Gasteiger partial charge in [0.2, 0.25) is 0 Å². The molecular weight excluding hydrogens is 266 g/mol. The van der Waals surface area contributed by atoms with Gasteiger partial charge < -0.3 is 10.1 Å². The number of rotatable bonds is 7. The number of carbonyl (C=O) groups is 1. The molecule has 5 nitrogen and oxygen atoms in total. The summed E-state index contributed by atoms with van der Waals surface area (Å²) in [7, 11) is 0. The molecule has 0 saturated heterocycles. The highest BCUT2D eigenvalue weighted by Gasteiger charge is 2.14. The Hall–Kier alpha value is -2.30. The smallest absolute Gasteiger partial charge is 0.255 e. The topological polar surface area (TPSA) is 67.0 Å². The van der Waals surface area contributed by atoms with Crippen LogP contribution in [0.3, 0.4) is 0 Å². The van der Waals surface area contributed by atoms with Crippen molar-refractivity contribution in [2.75, 3.05) is 13.2 Å². The van der Waals surface area contributed by atoms with Gasteiger partial charge >= 0.3 is 0 Å². The maximum absolute atomic E-state index is 11.9. The number of nitrogens with zero attached hydrogens (tertiary/aromatic N) is 1. The molecule has 2 aromatic rings. The highest BCUT2D eigenvalue weighted by molar-refractivity contribution is 5.99. The number of unbranched alkanes of at least 4 members (excludes halogenated alkanes) is 1. The maximum atomic E-state index is 11.9. The van der Waals surface area contributed by atoms with Gasteiger partial charge in [0, 0.05) is 12.1 Å². The number of amides is 1. The molecule has 0 bridgehead atoms. The van der Waals surface area contributed by atoms with Gasteiger partial charge in [-0.1, -0.05) is 13.3 Å². The van der Waals surface area contributed by atoms with E-state index in [1.807, 2.05) is 31.2 Å². The van der Waals surface area contributed by atoms with Gasteiger partial charge in [0.1, 0.15) is 5.75 Å². The van der Waals surface area contributed by atoms with E-state index in [9.17, 15) is 4.79 Å². The molecule has 5 heteroatoms. The van der Waals surface area contributed by atoms with Crippen molar-refractivity contribution in [2.24, 2.45) is 0 Å². The molecule has 0 fully saturated rings. The van der Waals surface area contributed by atoms with Gasteiger partial charge in [0.05, 0.1) is 24.1 Å². The van der Waals surface area contributed by atoms with E-state index < -0.39 is 0 Å². The van der Waals surface area contributed by atoms with E-state index in [-0.39, 0.29) is 5.91 Å². The zero-order valence-corrected chi connectivity index (χ0v) is 12.5. The molecule has 0 saturated carbocycles. The molecule has 1 heterocycles. The molecule has 112 valence electrons. The van der Waals surface area contributed by atoms with E-state index in [2.05, 4.69) is 22.4 Å². The van der Waals surface area contributed by atoms with Gasteiger partial charge in [0.25, 0.3) is 5.91 Å². The van der Waals surface area contributed by atoms with Crippen LogP contribution < -0.4 is 10.1 Å². The SMILES string of the molecule is CCCCOc1ccc(-c2[nH]ncc2C(=O)NCC)cc1. The first-order chi connectivity index (χ1) is 10.3. The van der Waals surface area contributed by atoms with Crippen molar-refractivity contribution >= 4 is 5.91 Å². The number of H-pyrrole nitrogens is 1. The fraction of sp³-hybridized carbons (Fsp3) is 0.375. The summed E-state index contributed by atoms with van der Waals surface area (Å²) in [6, 6.07) is 7.68. The average molecular weight is 287 g/mol. The average Bonchev–Trinajstić information content (AvgIpc) is 2.98. The molecule has 0 aliphatic carbocycles. The number of aromatic amines is 1. The van der Waals surface area contributed by atoms with Gasteiger partial charge in [-0.05, 0) is 37.6 Å². The Labute approximate surface area is 124 Å². The predicted molar refractivity (Wildman–Crippen MR) is 82.4 cm³/mol. The Morgan fingerprint density at radius 1 is 1.29 bits per heavy atom. The molecule has 2 N–H and O–H groups in total. The molecule has 1 amide bonds. The van der Waals surface area contributed by atoms with Crippen molar-refractivity contribution in [1.29, 1.82) is 0 Å². The first-order valence-electron chi connectivity index (χ1n) is 7.31. The normalized spacial score (nSPS) is 10.4. The van der Waals surface area contributed by atoms with E-state index in [4.69, 9.17) is 4.74 Å². The molecule has 0 spiro atoms. The van der Waals surface area contributed by atoms with Crippen molar-refractivity contribution in [3.8, 4) is 17.0 Å². The highest BCUT2D eigenvalue weighted by Crippen LogP contribution is 2.23. The Balaban J connectivity index is 2.12. The van der Waals surface area contributed by atoms with Crippen LogP contribution in [0.4, 0.5) is 0 Å². The summed E-state index contributed by atoms with van der Waals surface area (Å²) in [5.41, 5.74) is 2.19. The molecule has 0 radical (unpaired) electrons. The van der Waals surface area contributed by atoms with Gasteiger partial charge in [-0.3, -0.25) is 9.89 Å². The molecule has 1 aromatic carbocycles. The van der Waals surface area contributed by atoms with Crippen LogP contribution in [0, 0.1) is 0 Å². The highest BCUT2D eigenvalue weighted by atomic mass is 16.5. The third-order valence-electron chi connectivity index (χ3n) is 3.13. The number of ether oxygens (including phenoxy) is 1. The minimum atomic E-state index is -0.121. The molecule has 1 aromatic heterocycles. The van der Waals surface area contributed by atoms with Crippen LogP contribution in [0.1, 0.15) is 37.0 Å². The molecule has 0 unspecified atom stereocenters. The summed E-state index contributed by atoms with van der Waals surface area (Å²) in [6.45, 7) is 5.34. The zero-order chi connectivity index (χ0) is 15.1. The Morgan fingerprint density at radius 2 is 2.05 bits per heavy atom. The predicted octanol–water partition coefficient (Wildman–Crippen LogP) is 3.01. The van der Waals surface area contributed by atoms with Crippen LogP contribution >= 0.6 is 0 Å². The minimum absolute atomic E-state index is 0.121. The maximum Gasteiger partial charge on any atom is 0.255 e. The Morgan fingerprint density at radius 3 is 2.71 bits per heavy atom. The molecular formula is C16H21N3O2. The van der Waals surface area contributed by atoms with Crippen molar-refractivity contribution in [2.45, 2.75) is 26.7 Å². The second kappa shape index (κ2) is 7.47. The number of hydrogen-bond acceptors (Lipinski definition) is 3. The van der Waals surface area contributed by atoms with Crippen LogP contribution in [0.15, 0.2) is 30.5 Å². The Bertz CT molecular complexity index is 575. The van der Waals surface area contributed by atoms with Gasteiger partial charge in [0.15, 0.2) is 0 Å². The van der Waals surface area contributed by atoms with Crippen molar-refractivity contribution in [3.05, 3.63) is 36.0 Å². The number of nitrogens with one attached hydrogen (secondary N) is 2. The van der Waals surface area contributed by atoms with Crippen molar-refractivity contribution < 1.29 is 9.53 Å². The molecule has 0 aliphatic rings. The minimum Gasteiger partial charge on any atom is -0.494 e. The standard InChI is InChI=1S/C16H21N3O2/c1-3-5-10-21-13-8-6-12(7-9-13)15-14(11-18-19-15)16(20)17-4-2/h6-9,11H,3-5,10H2,1-2H3,(H,17,20)(H,18,19). The van der Waals surface area contributed by atoms with Gasteiger partial charge in [-0.2, -0.15) is 5.10 Å².